The van der Waals surface area contributed by atoms with Gasteiger partial charge in [0.25, 0.3) is 0 Å². The Morgan fingerprint density at radius 2 is 1.78 bits per heavy atom. The first-order valence-corrected chi connectivity index (χ1v) is 10.4. The van der Waals surface area contributed by atoms with E-state index in [0.29, 0.717) is 28.0 Å². The van der Waals surface area contributed by atoms with Crippen LogP contribution < -0.4 is 14.2 Å². The van der Waals surface area contributed by atoms with Gasteiger partial charge in [-0.3, -0.25) is 0 Å². The molecule has 5 aromatic rings. The third-order valence-corrected chi connectivity index (χ3v) is 6.15. The summed E-state index contributed by atoms with van der Waals surface area (Å²) in [6.45, 7) is 0. The summed E-state index contributed by atoms with van der Waals surface area (Å²) in [4.78, 5) is 9.03. The fraction of sp³-hybridized carbons (Fsp3) is 0.125. The molecular weight excluding hydrogens is 428 g/mol. The lowest BCUT2D eigenvalue weighted by Gasteiger charge is -2.29. The van der Waals surface area contributed by atoms with Crippen molar-refractivity contribution in [1.29, 1.82) is 0 Å². The molecule has 32 heavy (non-hydrogen) atoms. The molecule has 2 aromatic heterocycles. The summed E-state index contributed by atoms with van der Waals surface area (Å²) in [6.07, 6.45) is 3.11. The van der Waals surface area contributed by atoms with E-state index >= 15 is 0 Å². The summed E-state index contributed by atoms with van der Waals surface area (Å²) in [5, 5.41) is 6.75. The lowest BCUT2D eigenvalue weighted by molar-refractivity contribution is 0.354. The Morgan fingerprint density at radius 1 is 0.969 bits per heavy atom. The molecule has 0 amide bonds. The number of rotatable bonds is 3. The highest BCUT2D eigenvalue weighted by atomic mass is 35.5. The number of ether oxygens (including phenoxy) is 3. The SMILES string of the molecule is COc1ccc([C@@H]2c3cc(Cl)c4ccccc4c3Oc3ncn4ncnc4c32)cc1OC. The molecule has 1 aliphatic heterocycles. The van der Waals surface area contributed by atoms with Crippen LogP contribution in [0, 0.1) is 0 Å². The topological polar surface area (TPSA) is 70.8 Å². The fourth-order valence-corrected chi connectivity index (χ4v) is 4.70. The molecular formula is C24H17ClN4O3. The van der Waals surface area contributed by atoms with Gasteiger partial charge < -0.3 is 14.2 Å². The molecule has 6 rings (SSSR count). The number of fused-ring (bicyclic) bond motifs is 6. The van der Waals surface area contributed by atoms with E-state index in [2.05, 4.69) is 15.1 Å². The second-order valence-electron chi connectivity index (χ2n) is 7.46. The molecule has 0 unspecified atom stereocenters. The first kappa shape index (κ1) is 18.9. The Morgan fingerprint density at radius 3 is 2.59 bits per heavy atom. The normalized spacial score (nSPS) is 14.7. The molecule has 0 radical (unpaired) electrons. The number of nitrogens with zero attached hydrogens (tertiary/aromatic N) is 4. The molecule has 0 spiro atoms. The summed E-state index contributed by atoms with van der Waals surface area (Å²) in [7, 11) is 3.24. The fourth-order valence-electron chi connectivity index (χ4n) is 4.42. The van der Waals surface area contributed by atoms with Crippen LogP contribution in [0.4, 0.5) is 0 Å². The smallest absolute Gasteiger partial charge is 0.228 e. The van der Waals surface area contributed by atoms with Crippen molar-refractivity contribution < 1.29 is 14.2 Å². The van der Waals surface area contributed by atoms with Gasteiger partial charge in [0.1, 0.15) is 18.4 Å². The van der Waals surface area contributed by atoms with E-state index in [-0.39, 0.29) is 5.92 Å². The van der Waals surface area contributed by atoms with Crippen molar-refractivity contribution in [3.8, 4) is 23.1 Å². The third kappa shape index (κ3) is 2.64. The summed E-state index contributed by atoms with van der Waals surface area (Å²) in [5.41, 5.74) is 3.38. The average molecular weight is 445 g/mol. The van der Waals surface area contributed by atoms with Crippen molar-refractivity contribution in [3.05, 3.63) is 82.9 Å². The van der Waals surface area contributed by atoms with Crippen LogP contribution in [0.15, 0.2) is 61.2 Å². The zero-order valence-corrected chi connectivity index (χ0v) is 18.0. The van der Waals surface area contributed by atoms with Crippen LogP contribution in [0.5, 0.6) is 23.1 Å². The maximum absolute atomic E-state index is 6.73. The predicted octanol–water partition coefficient (Wildman–Crippen LogP) is 5.23. The zero-order chi connectivity index (χ0) is 21.8. The summed E-state index contributed by atoms with van der Waals surface area (Å²) >= 11 is 6.73. The maximum Gasteiger partial charge on any atom is 0.228 e. The molecule has 8 heteroatoms. The second-order valence-corrected chi connectivity index (χ2v) is 7.87. The summed E-state index contributed by atoms with van der Waals surface area (Å²) in [6, 6.07) is 15.7. The Balaban J connectivity index is 1.70. The van der Waals surface area contributed by atoms with E-state index in [1.807, 2.05) is 48.5 Å². The number of hydrogen-bond acceptors (Lipinski definition) is 6. The molecule has 1 aliphatic rings. The van der Waals surface area contributed by atoms with Gasteiger partial charge in [-0.15, -0.1) is 0 Å². The van der Waals surface area contributed by atoms with Crippen LogP contribution in [-0.4, -0.2) is 33.8 Å². The second kappa shape index (κ2) is 7.10. The summed E-state index contributed by atoms with van der Waals surface area (Å²) < 4.78 is 19.0. The van der Waals surface area contributed by atoms with Crippen molar-refractivity contribution in [3.63, 3.8) is 0 Å². The minimum Gasteiger partial charge on any atom is -0.493 e. The molecule has 0 saturated heterocycles. The minimum absolute atomic E-state index is 0.254. The van der Waals surface area contributed by atoms with E-state index in [0.717, 1.165) is 33.2 Å². The lowest BCUT2D eigenvalue weighted by atomic mass is 9.82. The monoisotopic (exact) mass is 444 g/mol. The van der Waals surface area contributed by atoms with Gasteiger partial charge in [-0.05, 0) is 23.8 Å². The molecule has 7 nitrogen and oxygen atoms in total. The van der Waals surface area contributed by atoms with Gasteiger partial charge in [-0.2, -0.15) is 5.10 Å². The molecule has 0 fully saturated rings. The van der Waals surface area contributed by atoms with Crippen LogP contribution in [-0.2, 0) is 0 Å². The number of halogens is 1. The number of methoxy groups -OCH3 is 2. The highest BCUT2D eigenvalue weighted by Crippen LogP contribution is 2.52. The Hall–Kier alpha value is -3.84. The molecule has 1 atom stereocenters. The molecule has 3 heterocycles. The number of aromatic nitrogens is 4. The van der Waals surface area contributed by atoms with E-state index in [9.17, 15) is 0 Å². The van der Waals surface area contributed by atoms with Crippen molar-refractivity contribution in [2.24, 2.45) is 0 Å². The van der Waals surface area contributed by atoms with Gasteiger partial charge in [0.2, 0.25) is 5.88 Å². The first-order chi connectivity index (χ1) is 15.7. The van der Waals surface area contributed by atoms with Crippen molar-refractivity contribution >= 4 is 28.0 Å². The third-order valence-electron chi connectivity index (χ3n) is 5.84. The van der Waals surface area contributed by atoms with Crippen molar-refractivity contribution in [2.75, 3.05) is 14.2 Å². The van der Waals surface area contributed by atoms with Gasteiger partial charge in [-0.25, -0.2) is 14.5 Å². The van der Waals surface area contributed by atoms with Crippen LogP contribution in [0.2, 0.25) is 5.02 Å². The molecule has 3 aromatic carbocycles. The van der Waals surface area contributed by atoms with Gasteiger partial charge in [-0.1, -0.05) is 41.9 Å². The number of benzene rings is 3. The van der Waals surface area contributed by atoms with Crippen molar-refractivity contribution in [2.45, 2.75) is 5.92 Å². The Labute approximate surface area is 188 Å². The zero-order valence-electron chi connectivity index (χ0n) is 17.2. The quantitative estimate of drug-likeness (QED) is 0.372. The van der Waals surface area contributed by atoms with Gasteiger partial charge >= 0.3 is 0 Å². The van der Waals surface area contributed by atoms with Crippen LogP contribution >= 0.6 is 11.6 Å². The summed E-state index contributed by atoms with van der Waals surface area (Å²) in [5.74, 6) is 2.25. The van der Waals surface area contributed by atoms with E-state index in [1.165, 1.54) is 6.33 Å². The predicted molar refractivity (Wildman–Crippen MR) is 120 cm³/mol. The molecule has 158 valence electrons. The van der Waals surface area contributed by atoms with E-state index in [4.69, 9.17) is 25.8 Å². The van der Waals surface area contributed by atoms with Crippen LogP contribution in [0.1, 0.15) is 22.6 Å². The van der Waals surface area contributed by atoms with Gasteiger partial charge in [0, 0.05) is 27.3 Å². The van der Waals surface area contributed by atoms with Crippen LogP contribution in [0.3, 0.4) is 0 Å². The highest BCUT2D eigenvalue weighted by Gasteiger charge is 2.35. The van der Waals surface area contributed by atoms with Crippen molar-refractivity contribution in [1.82, 2.24) is 19.6 Å². The Kier molecular flexibility index (Phi) is 4.19. The molecule has 0 N–H and O–H groups in total. The van der Waals surface area contributed by atoms with Crippen LogP contribution in [0.25, 0.3) is 16.4 Å². The molecule has 0 aliphatic carbocycles. The maximum atomic E-state index is 6.73. The minimum atomic E-state index is -0.254. The molecule has 0 saturated carbocycles. The number of hydrogen-bond donors (Lipinski definition) is 0. The van der Waals surface area contributed by atoms with E-state index < -0.39 is 0 Å². The van der Waals surface area contributed by atoms with E-state index in [1.54, 1.807) is 25.1 Å². The standard InChI is InChI=1S/C24H17ClN4O3/c1-30-18-8-7-13(9-19(18)31-2)20-16-10-17(25)14-5-3-4-6-15(14)22(16)32-24-21(20)23-26-11-28-29(23)12-27-24/h3-12,20H,1-2H3/t20-/m1/s1. The average Bonchev–Trinajstić information content (AvgIpc) is 3.32. The van der Waals surface area contributed by atoms with Gasteiger partial charge in [0.15, 0.2) is 17.1 Å². The lowest BCUT2D eigenvalue weighted by Crippen LogP contribution is -2.15. The highest BCUT2D eigenvalue weighted by molar-refractivity contribution is 6.36. The molecule has 0 bridgehead atoms. The first-order valence-electron chi connectivity index (χ1n) is 9.98. The van der Waals surface area contributed by atoms with Gasteiger partial charge in [0.05, 0.1) is 19.8 Å². The largest absolute Gasteiger partial charge is 0.493 e. The Bertz CT molecular complexity index is 1510.